The lowest BCUT2D eigenvalue weighted by Crippen LogP contribution is -2.39. The number of methoxy groups -OCH3 is 1. The van der Waals surface area contributed by atoms with Gasteiger partial charge in [0.1, 0.15) is 11.8 Å². The van der Waals surface area contributed by atoms with Crippen molar-refractivity contribution in [1.82, 2.24) is 4.90 Å². The average Bonchev–Trinajstić information content (AvgIpc) is 2.97. The number of aliphatic carboxylic acids is 1. The number of ether oxygens (including phenoxy) is 1. The van der Waals surface area contributed by atoms with Gasteiger partial charge in [0.15, 0.2) is 0 Å². The van der Waals surface area contributed by atoms with Gasteiger partial charge in [0.25, 0.3) is 0 Å². The Morgan fingerprint density at radius 3 is 2.95 bits per heavy atom. The first kappa shape index (κ1) is 17.3. The highest BCUT2D eigenvalue weighted by atomic mass is 79.9. The molecule has 1 aliphatic rings. The number of likely N-dealkylation sites (tertiary alicyclic amines) is 1. The molecule has 1 N–H and O–H groups in total. The van der Waals surface area contributed by atoms with E-state index in [-0.39, 0.29) is 12.1 Å². The zero-order valence-corrected chi connectivity index (χ0v) is 14.8. The summed E-state index contributed by atoms with van der Waals surface area (Å²) >= 11 is 3.52. The van der Waals surface area contributed by atoms with E-state index in [1.165, 1.54) is 0 Å². The maximum absolute atomic E-state index is 11.6. The van der Waals surface area contributed by atoms with Crippen molar-refractivity contribution in [2.45, 2.75) is 51.1 Å². The molecular formula is C17H24BrNO3. The Bertz CT molecular complexity index is 521. The molecule has 1 aliphatic heterocycles. The Balaban J connectivity index is 2.37. The van der Waals surface area contributed by atoms with Crippen LogP contribution in [0.1, 0.15) is 50.6 Å². The quantitative estimate of drug-likeness (QED) is 0.780. The summed E-state index contributed by atoms with van der Waals surface area (Å²) in [5.74, 6) is 0.119. The van der Waals surface area contributed by atoms with Crippen molar-refractivity contribution in [1.29, 1.82) is 0 Å². The van der Waals surface area contributed by atoms with Gasteiger partial charge in [-0.3, -0.25) is 9.69 Å². The molecule has 22 heavy (non-hydrogen) atoms. The molecule has 0 radical (unpaired) electrons. The van der Waals surface area contributed by atoms with Gasteiger partial charge in [-0.25, -0.2) is 0 Å². The largest absolute Gasteiger partial charge is 0.496 e. The summed E-state index contributed by atoms with van der Waals surface area (Å²) in [5, 5.41) is 9.50. The molecule has 1 heterocycles. The molecular weight excluding hydrogens is 346 g/mol. The fourth-order valence-electron chi connectivity index (χ4n) is 3.29. The third-order valence-electron chi connectivity index (χ3n) is 4.36. The number of hydrogen-bond donors (Lipinski definition) is 1. The van der Waals surface area contributed by atoms with Crippen LogP contribution in [0.5, 0.6) is 5.75 Å². The third-order valence-corrected chi connectivity index (χ3v) is 4.85. The zero-order chi connectivity index (χ0) is 16.1. The number of rotatable bonds is 7. The number of unbranched alkanes of at least 4 members (excludes halogenated alkanes) is 1. The molecule has 2 unspecified atom stereocenters. The lowest BCUT2D eigenvalue weighted by molar-refractivity contribution is -0.143. The monoisotopic (exact) mass is 369 g/mol. The van der Waals surface area contributed by atoms with Crippen LogP contribution in [0.4, 0.5) is 0 Å². The number of hydrogen-bond acceptors (Lipinski definition) is 3. The van der Waals surface area contributed by atoms with Crippen LogP contribution in [0, 0.1) is 0 Å². The fraction of sp³-hybridized carbons (Fsp3) is 0.588. The molecule has 2 atom stereocenters. The molecule has 122 valence electrons. The molecule has 2 rings (SSSR count). The van der Waals surface area contributed by atoms with Gasteiger partial charge in [-0.1, -0.05) is 35.7 Å². The van der Waals surface area contributed by atoms with Gasteiger partial charge >= 0.3 is 5.97 Å². The van der Waals surface area contributed by atoms with Crippen molar-refractivity contribution < 1.29 is 14.6 Å². The highest BCUT2D eigenvalue weighted by Gasteiger charge is 2.36. The number of benzene rings is 1. The molecule has 0 aliphatic carbocycles. The average molecular weight is 370 g/mol. The molecule has 4 nitrogen and oxygen atoms in total. The van der Waals surface area contributed by atoms with Gasteiger partial charge in [0, 0.05) is 16.1 Å². The predicted molar refractivity (Wildman–Crippen MR) is 90.3 cm³/mol. The Morgan fingerprint density at radius 2 is 2.32 bits per heavy atom. The molecule has 1 fully saturated rings. The van der Waals surface area contributed by atoms with Crippen molar-refractivity contribution in [3.63, 3.8) is 0 Å². The first-order chi connectivity index (χ1) is 10.6. The predicted octanol–water partition coefficient (Wildman–Crippen LogP) is 4.24. The SMILES string of the molecule is CCCCC(c1cc(Br)ccc1OC)N1CCCC1C(=O)O. The van der Waals surface area contributed by atoms with Gasteiger partial charge < -0.3 is 9.84 Å². The van der Waals surface area contributed by atoms with Crippen LogP contribution in [0.3, 0.4) is 0 Å². The maximum Gasteiger partial charge on any atom is 0.320 e. The van der Waals surface area contributed by atoms with Crippen LogP contribution in [0.25, 0.3) is 0 Å². The molecule has 0 aromatic heterocycles. The Hall–Kier alpha value is -1.07. The van der Waals surface area contributed by atoms with E-state index in [0.717, 1.165) is 54.4 Å². The van der Waals surface area contributed by atoms with Gasteiger partial charge in [0.2, 0.25) is 0 Å². The summed E-state index contributed by atoms with van der Waals surface area (Å²) < 4.78 is 6.52. The second-order valence-electron chi connectivity index (χ2n) is 5.78. The number of carbonyl (C=O) groups is 1. The zero-order valence-electron chi connectivity index (χ0n) is 13.2. The Kier molecular flexibility index (Phi) is 6.26. The van der Waals surface area contributed by atoms with Crippen LogP contribution < -0.4 is 4.74 Å². The van der Waals surface area contributed by atoms with E-state index in [1.54, 1.807) is 7.11 Å². The van der Waals surface area contributed by atoms with Gasteiger partial charge in [-0.2, -0.15) is 0 Å². The van der Waals surface area contributed by atoms with E-state index in [1.807, 2.05) is 12.1 Å². The van der Waals surface area contributed by atoms with Crippen LogP contribution in [0.15, 0.2) is 22.7 Å². The smallest absolute Gasteiger partial charge is 0.320 e. The lowest BCUT2D eigenvalue weighted by atomic mass is 9.97. The van der Waals surface area contributed by atoms with Gasteiger partial charge in [0.05, 0.1) is 7.11 Å². The van der Waals surface area contributed by atoms with Crippen LogP contribution in [-0.2, 0) is 4.79 Å². The fourth-order valence-corrected chi connectivity index (χ4v) is 3.67. The Labute approximate surface area is 140 Å². The summed E-state index contributed by atoms with van der Waals surface area (Å²) in [6, 6.07) is 5.68. The first-order valence-electron chi connectivity index (χ1n) is 7.90. The standard InChI is InChI=1S/C17H24BrNO3/c1-3-4-6-14(19-10-5-7-15(19)17(20)21)13-11-12(18)8-9-16(13)22-2/h8-9,11,14-15H,3-7,10H2,1-2H3,(H,20,21). The summed E-state index contributed by atoms with van der Waals surface area (Å²) in [4.78, 5) is 13.7. The molecule has 0 bridgehead atoms. The minimum absolute atomic E-state index is 0.0935. The highest BCUT2D eigenvalue weighted by Crippen LogP contribution is 2.38. The summed E-state index contributed by atoms with van der Waals surface area (Å²) in [7, 11) is 1.67. The molecule has 5 heteroatoms. The van der Waals surface area contributed by atoms with E-state index in [2.05, 4.69) is 33.8 Å². The second kappa shape index (κ2) is 7.97. The highest BCUT2D eigenvalue weighted by molar-refractivity contribution is 9.10. The van der Waals surface area contributed by atoms with E-state index >= 15 is 0 Å². The number of carboxylic acid groups (broad SMARTS) is 1. The normalized spacial score (nSPS) is 20.0. The third kappa shape index (κ3) is 3.82. The summed E-state index contributed by atoms with van der Waals surface area (Å²) in [6.07, 6.45) is 4.79. The molecule has 1 aromatic rings. The van der Waals surface area contributed by atoms with E-state index < -0.39 is 5.97 Å². The minimum atomic E-state index is -0.715. The summed E-state index contributed by atoms with van der Waals surface area (Å²) in [6.45, 7) is 2.99. The molecule has 0 spiro atoms. The Morgan fingerprint density at radius 1 is 1.55 bits per heavy atom. The van der Waals surface area contributed by atoms with Crippen molar-refractivity contribution in [3.8, 4) is 5.75 Å². The van der Waals surface area contributed by atoms with E-state index in [0.29, 0.717) is 0 Å². The maximum atomic E-state index is 11.6. The number of nitrogens with zero attached hydrogens (tertiary/aromatic N) is 1. The molecule has 1 saturated heterocycles. The van der Waals surface area contributed by atoms with Crippen molar-refractivity contribution >= 4 is 21.9 Å². The topological polar surface area (TPSA) is 49.8 Å². The van der Waals surface area contributed by atoms with E-state index in [9.17, 15) is 9.90 Å². The summed E-state index contributed by atoms with van der Waals surface area (Å²) in [5.41, 5.74) is 1.08. The minimum Gasteiger partial charge on any atom is -0.496 e. The van der Waals surface area contributed by atoms with Crippen molar-refractivity contribution in [2.75, 3.05) is 13.7 Å². The van der Waals surface area contributed by atoms with E-state index in [4.69, 9.17) is 4.74 Å². The molecule has 0 amide bonds. The second-order valence-corrected chi connectivity index (χ2v) is 6.69. The van der Waals surface area contributed by atoms with Crippen LogP contribution in [0.2, 0.25) is 0 Å². The number of carboxylic acids is 1. The van der Waals surface area contributed by atoms with Gasteiger partial charge in [-0.05, 0) is 44.0 Å². The van der Waals surface area contributed by atoms with Crippen molar-refractivity contribution in [2.24, 2.45) is 0 Å². The molecule has 1 aromatic carbocycles. The lowest BCUT2D eigenvalue weighted by Gasteiger charge is -2.32. The number of halogens is 1. The first-order valence-corrected chi connectivity index (χ1v) is 8.69. The van der Waals surface area contributed by atoms with Crippen LogP contribution >= 0.6 is 15.9 Å². The van der Waals surface area contributed by atoms with Crippen molar-refractivity contribution in [3.05, 3.63) is 28.2 Å². The van der Waals surface area contributed by atoms with Gasteiger partial charge in [-0.15, -0.1) is 0 Å². The van der Waals surface area contributed by atoms with Crippen LogP contribution in [-0.4, -0.2) is 35.7 Å². The molecule has 0 saturated carbocycles.